The predicted molar refractivity (Wildman–Crippen MR) is 78.3 cm³/mol. The molecule has 21 heavy (non-hydrogen) atoms. The van der Waals surface area contributed by atoms with E-state index in [0.717, 1.165) is 0 Å². The maximum Gasteiger partial charge on any atom is 0.271 e. The summed E-state index contributed by atoms with van der Waals surface area (Å²) in [5.74, 6) is 0.439. The summed E-state index contributed by atoms with van der Waals surface area (Å²) in [6.45, 7) is 1.39. The minimum absolute atomic E-state index is 0.116. The highest BCUT2D eigenvalue weighted by Crippen LogP contribution is 2.34. The molecule has 0 aliphatic carbocycles. The number of amides is 1. The van der Waals surface area contributed by atoms with Crippen LogP contribution < -0.4 is 15.8 Å². The second-order valence-corrected chi connectivity index (χ2v) is 4.26. The predicted octanol–water partition coefficient (Wildman–Crippen LogP) is 2.93. The van der Waals surface area contributed by atoms with E-state index in [1.54, 1.807) is 24.3 Å². The van der Waals surface area contributed by atoms with Crippen molar-refractivity contribution in [3.05, 3.63) is 52.6 Å². The van der Waals surface area contributed by atoms with Gasteiger partial charge in [0.2, 0.25) is 5.91 Å². The van der Waals surface area contributed by atoms with Crippen LogP contribution in [-0.2, 0) is 4.79 Å². The van der Waals surface area contributed by atoms with Gasteiger partial charge < -0.3 is 15.8 Å². The zero-order valence-corrected chi connectivity index (χ0v) is 11.2. The Morgan fingerprint density at radius 2 is 1.95 bits per heavy atom. The Hall–Kier alpha value is -3.09. The summed E-state index contributed by atoms with van der Waals surface area (Å²) in [7, 11) is 0. The van der Waals surface area contributed by atoms with Crippen LogP contribution in [-0.4, -0.2) is 10.8 Å². The summed E-state index contributed by atoms with van der Waals surface area (Å²) >= 11 is 0. The van der Waals surface area contributed by atoms with Crippen LogP contribution in [0, 0.1) is 10.1 Å². The van der Waals surface area contributed by atoms with Crippen molar-refractivity contribution in [2.24, 2.45) is 0 Å². The zero-order chi connectivity index (χ0) is 15.4. The van der Waals surface area contributed by atoms with E-state index in [1.807, 2.05) is 0 Å². The number of nitro benzene ring substituents is 1. The van der Waals surface area contributed by atoms with Crippen LogP contribution in [0.5, 0.6) is 11.5 Å². The summed E-state index contributed by atoms with van der Waals surface area (Å²) in [6, 6.07) is 10.8. The van der Waals surface area contributed by atoms with Crippen molar-refractivity contribution in [1.82, 2.24) is 0 Å². The summed E-state index contributed by atoms with van der Waals surface area (Å²) < 4.78 is 5.61. The van der Waals surface area contributed by atoms with Gasteiger partial charge in [-0.3, -0.25) is 14.9 Å². The Morgan fingerprint density at radius 1 is 1.24 bits per heavy atom. The number of ether oxygens (including phenoxy) is 1. The molecule has 7 heteroatoms. The van der Waals surface area contributed by atoms with E-state index < -0.39 is 4.92 Å². The lowest BCUT2D eigenvalue weighted by Crippen LogP contribution is -2.07. The van der Waals surface area contributed by atoms with Crippen LogP contribution in [0.1, 0.15) is 6.92 Å². The van der Waals surface area contributed by atoms with Crippen molar-refractivity contribution in [3.8, 4) is 11.5 Å². The topological polar surface area (TPSA) is 107 Å². The van der Waals surface area contributed by atoms with E-state index in [0.29, 0.717) is 11.4 Å². The summed E-state index contributed by atoms with van der Waals surface area (Å²) in [5, 5.41) is 13.3. The number of nitrogens with zero attached hydrogens (tertiary/aromatic N) is 1. The average molecular weight is 287 g/mol. The third kappa shape index (κ3) is 3.47. The van der Waals surface area contributed by atoms with E-state index in [1.165, 1.54) is 25.1 Å². The van der Waals surface area contributed by atoms with Crippen molar-refractivity contribution in [2.45, 2.75) is 6.92 Å². The lowest BCUT2D eigenvalue weighted by atomic mass is 10.2. The molecule has 1 amide bonds. The van der Waals surface area contributed by atoms with E-state index in [-0.39, 0.29) is 23.0 Å². The van der Waals surface area contributed by atoms with Crippen LogP contribution >= 0.6 is 0 Å². The number of nitrogens with one attached hydrogen (secondary N) is 1. The smallest absolute Gasteiger partial charge is 0.271 e. The van der Waals surface area contributed by atoms with Gasteiger partial charge in [-0.15, -0.1) is 0 Å². The summed E-state index contributed by atoms with van der Waals surface area (Å²) in [4.78, 5) is 21.3. The third-order valence-corrected chi connectivity index (χ3v) is 2.62. The fourth-order valence-corrected chi connectivity index (χ4v) is 1.71. The molecular weight excluding hydrogens is 274 g/mol. The van der Waals surface area contributed by atoms with E-state index in [2.05, 4.69) is 5.32 Å². The van der Waals surface area contributed by atoms with Crippen LogP contribution in [0.25, 0.3) is 0 Å². The maximum absolute atomic E-state index is 11.1. The van der Waals surface area contributed by atoms with Gasteiger partial charge >= 0.3 is 0 Å². The van der Waals surface area contributed by atoms with Gasteiger partial charge in [0, 0.05) is 19.1 Å². The number of para-hydroxylation sites is 2. The Balaban J connectivity index is 2.30. The number of nitro groups is 1. The molecule has 2 aromatic carbocycles. The Labute approximate surface area is 120 Å². The van der Waals surface area contributed by atoms with E-state index >= 15 is 0 Å². The summed E-state index contributed by atoms with van der Waals surface area (Å²) in [5.41, 5.74) is 6.26. The molecule has 0 saturated heterocycles. The van der Waals surface area contributed by atoms with Crippen molar-refractivity contribution >= 4 is 23.0 Å². The number of nitrogen functional groups attached to an aromatic ring is 1. The number of non-ortho nitro benzene ring substituents is 1. The highest BCUT2D eigenvalue weighted by atomic mass is 16.6. The number of benzene rings is 2. The first-order valence-electron chi connectivity index (χ1n) is 6.06. The Kier molecular flexibility index (Phi) is 4.03. The number of anilines is 2. The molecule has 7 nitrogen and oxygen atoms in total. The van der Waals surface area contributed by atoms with Gasteiger partial charge in [-0.25, -0.2) is 0 Å². The molecule has 0 fully saturated rings. The van der Waals surface area contributed by atoms with Gasteiger partial charge in [-0.2, -0.15) is 0 Å². The minimum atomic E-state index is -0.536. The molecule has 0 aromatic heterocycles. The molecule has 0 spiro atoms. The number of carbonyl (C=O) groups excluding carboxylic acids is 1. The first kappa shape index (κ1) is 14.3. The number of hydrogen-bond acceptors (Lipinski definition) is 5. The Morgan fingerprint density at radius 3 is 2.57 bits per heavy atom. The van der Waals surface area contributed by atoms with Crippen molar-refractivity contribution in [2.75, 3.05) is 11.1 Å². The van der Waals surface area contributed by atoms with Crippen LogP contribution in [0.15, 0.2) is 42.5 Å². The van der Waals surface area contributed by atoms with Crippen molar-refractivity contribution < 1.29 is 14.5 Å². The van der Waals surface area contributed by atoms with Crippen LogP contribution in [0.3, 0.4) is 0 Å². The van der Waals surface area contributed by atoms with Crippen LogP contribution in [0.4, 0.5) is 17.1 Å². The molecule has 0 heterocycles. The number of rotatable bonds is 4. The van der Waals surface area contributed by atoms with Gasteiger partial charge in [-0.05, 0) is 18.2 Å². The van der Waals surface area contributed by atoms with Gasteiger partial charge in [-0.1, -0.05) is 12.1 Å². The van der Waals surface area contributed by atoms with Crippen molar-refractivity contribution in [1.29, 1.82) is 0 Å². The number of carbonyl (C=O) groups is 1. The minimum Gasteiger partial charge on any atom is -0.453 e. The molecule has 108 valence electrons. The van der Waals surface area contributed by atoms with Gasteiger partial charge in [0.05, 0.1) is 16.3 Å². The maximum atomic E-state index is 11.1. The monoisotopic (exact) mass is 287 g/mol. The summed E-state index contributed by atoms with van der Waals surface area (Å²) in [6.07, 6.45) is 0. The molecule has 0 atom stereocenters. The first-order valence-corrected chi connectivity index (χ1v) is 6.06. The highest BCUT2D eigenvalue weighted by molar-refractivity contribution is 5.90. The molecule has 0 aliphatic rings. The van der Waals surface area contributed by atoms with Gasteiger partial charge in [0.25, 0.3) is 5.69 Å². The molecule has 2 rings (SSSR count). The van der Waals surface area contributed by atoms with Crippen molar-refractivity contribution in [3.63, 3.8) is 0 Å². The Bertz CT molecular complexity index is 700. The molecule has 0 radical (unpaired) electrons. The van der Waals surface area contributed by atoms with Crippen LogP contribution in [0.2, 0.25) is 0 Å². The zero-order valence-electron chi connectivity index (χ0n) is 11.2. The highest BCUT2D eigenvalue weighted by Gasteiger charge is 2.12. The van der Waals surface area contributed by atoms with Gasteiger partial charge in [0.15, 0.2) is 11.5 Å². The lowest BCUT2D eigenvalue weighted by molar-refractivity contribution is -0.384. The molecule has 0 unspecified atom stereocenters. The van der Waals surface area contributed by atoms with Gasteiger partial charge in [0.1, 0.15) is 0 Å². The fraction of sp³-hybridized carbons (Fsp3) is 0.0714. The molecule has 0 saturated carbocycles. The standard InChI is InChI=1S/C14H13N3O4/c1-9(18)16-12-4-2-3-5-14(12)21-13-7-6-10(17(19)20)8-11(13)15/h2-8H,15H2,1H3,(H,16,18). The normalized spacial score (nSPS) is 9.95. The third-order valence-electron chi connectivity index (χ3n) is 2.62. The number of hydrogen-bond donors (Lipinski definition) is 2. The molecule has 3 N–H and O–H groups in total. The average Bonchev–Trinajstić information content (AvgIpc) is 2.42. The van der Waals surface area contributed by atoms with E-state index in [9.17, 15) is 14.9 Å². The largest absolute Gasteiger partial charge is 0.453 e. The quantitative estimate of drug-likeness (QED) is 0.510. The SMILES string of the molecule is CC(=O)Nc1ccccc1Oc1ccc([N+](=O)[O-])cc1N. The fourth-order valence-electron chi connectivity index (χ4n) is 1.71. The second kappa shape index (κ2) is 5.91. The second-order valence-electron chi connectivity index (χ2n) is 4.26. The molecule has 2 aromatic rings. The molecule has 0 aliphatic heterocycles. The van der Waals surface area contributed by atoms with E-state index in [4.69, 9.17) is 10.5 Å². The molecule has 0 bridgehead atoms. The lowest BCUT2D eigenvalue weighted by Gasteiger charge is -2.12. The molecular formula is C14H13N3O4. The number of nitrogens with two attached hydrogens (primary N) is 1. The first-order chi connectivity index (χ1) is 9.97.